The van der Waals surface area contributed by atoms with Gasteiger partial charge in [-0.1, -0.05) is 0 Å². The summed E-state index contributed by atoms with van der Waals surface area (Å²) in [5.74, 6) is -1.85. The topological polar surface area (TPSA) is 123 Å². The number of pyridine rings is 1. The summed E-state index contributed by atoms with van der Waals surface area (Å²) >= 11 is 0. The van der Waals surface area contributed by atoms with Crippen molar-refractivity contribution in [1.29, 1.82) is 0 Å². The Kier molecular flexibility index (Phi) is 4.46. The zero-order chi connectivity index (χ0) is 16.4. The zero-order valence-corrected chi connectivity index (χ0v) is 11.8. The van der Waals surface area contributed by atoms with Crippen molar-refractivity contribution >= 4 is 17.6 Å². The summed E-state index contributed by atoms with van der Waals surface area (Å²) in [5.41, 5.74) is -2.38. The second-order valence-corrected chi connectivity index (χ2v) is 4.93. The van der Waals surface area contributed by atoms with Crippen LogP contribution >= 0.6 is 0 Å². The highest BCUT2D eigenvalue weighted by molar-refractivity contribution is 5.86. The number of rotatable bonds is 5. The molecule has 0 atom stereocenters. The average Bonchev–Trinajstić information content (AvgIpc) is 2.39. The van der Waals surface area contributed by atoms with Crippen molar-refractivity contribution < 1.29 is 19.6 Å². The molecule has 0 saturated carbocycles. The molecule has 0 spiro atoms. The van der Waals surface area contributed by atoms with Crippen molar-refractivity contribution in [1.82, 2.24) is 9.47 Å². The number of carboxylic acid groups (broad SMARTS) is 1. The van der Waals surface area contributed by atoms with Crippen LogP contribution in [0.2, 0.25) is 0 Å². The van der Waals surface area contributed by atoms with Crippen LogP contribution in [0.3, 0.4) is 0 Å². The number of carboxylic acids is 1. The first-order valence-corrected chi connectivity index (χ1v) is 5.92. The molecule has 0 fully saturated rings. The van der Waals surface area contributed by atoms with Gasteiger partial charge in [0.1, 0.15) is 12.1 Å². The summed E-state index contributed by atoms with van der Waals surface area (Å²) in [5, 5.41) is 19.7. The molecule has 0 aliphatic rings. The van der Waals surface area contributed by atoms with E-state index in [9.17, 15) is 24.5 Å². The monoisotopic (exact) mass is 297 g/mol. The second-order valence-electron chi connectivity index (χ2n) is 4.93. The van der Waals surface area contributed by atoms with Crippen molar-refractivity contribution in [2.24, 2.45) is 0 Å². The van der Waals surface area contributed by atoms with Crippen molar-refractivity contribution in [2.75, 3.05) is 7.05 Å². The molecule has 0 bridgehead atoms. The first-order chi connectivity index (χ1) is 9.57. The van der Waals surface area contributed by atoms with Crippen LogP contribution in [-0.4, -0.2) is 44.0 Å². The molecule has 21 heavy (non-hydrogen) atoms. The fourth-order valence-electron chi connectivity index (χ4n) is 1.46. The first kappa shape index (κ1) is 16.3. The number of hydrogen-bond acceptors (Lipinski definition) is 5. The molecule has 1 heterocycles. The third-order valence-electron chi connectivity index (χ3n) is 3.22. The lowest BCUT2D eigenvalue weighted by Gasteiger charge is -2.31. The fraction of sp³-hybridized carbons (Fsp3) is 0.417. The van der Waals surface area contributed by atoms with Crippen molar-refractivity contribution in [3.8, 4) is 0 Å². The molecule has 0 radical (unpaired) electrons. The number of carbonyl (C=O) groups excluding carboxylic acids is 1. The van der Waals surface area contributed by atoms with E-state index >= 15 is 0 Å². The van der Waals surface area contributed by atoms with Crippen LogP contribution < -0.4 is 5.56 Å². The third kappa shape index (κ3) is 3.44. The molecule has 0 aromatic carbocycles. The fourth-order valence-corrected chi connectivity index (χ4v) is 1.46. The van der Waals surface area contributed by atoms with E-state index in [0.29, 0.717) is 0 Å². The van der Waals surface area contributed by atoms with Gasteiger partial charge in [-0.25, -0.2) is 4.79 Å². The predicted molar refractivity (Wildman–Crippen MR) is 71.8 cm³/mol. The highest BCUT2D eigenvalue weighted by Crippen LogP contribution is 2.13. The maximum atomic E-state index is 12.0. The van der Waals surface area contributed by atoms with Gasteiger partial charge in [0, 0.05) is 19.2 Å². The Morgan fingerprint density at radius 1 is 1.43 bits per heavy atom. The quantitative estimate of drug-likeness (QED) is 0.606. The molecule has 0 aliphatic carbocycles. The van der Waals surface area contributed by atoms with E-state index in [1.54, 1.807) is 0 Å². The number of amides is 1. The van der Waals surface area contributed by atoms with Crippen LogP contribution in [0.25, 0.3) is 0 Å². The molecular weight excluding hydrogens is 282 g/mol. The van der Waals surface area contributed by atoms with Crippen LogP contribution in [0.15, 0.2) is 23.1 Å². The summed E-state index contributed by atoms with van der Waals surface area (Å²) in [7, 11) is 1.29. The Hall–Kier alpha value is -2.71. The van der Waals surface area contributed by atoms with E-state index in [0.717, 1.165) is 27.8 Å². The second kappa shape index (κ2) is 5.73. The molecule has 0 saturated heterocycles. The smallest absolute Gasteiger partial charge is 0.329 e. The van der Waals surface area contributed by atoms with Crippen molar-refractivity contribution in [3.05, 3.63) is 38.8 Å². The minimum Gasteiger partial charge on any atom is -0.480 e. The van der Waals surface area contributed by atoms with Gasteiger partial charge in [0.05, 0.1) is 11.1 Å². The molecule has 1 rings (SSSR count). The molecule has 0 aliphatic heterocycles. The van der Waals surface area contributed by atoms with Gasteiger partial charge in [0.2, 0.25) is 5.91 Å². The summed E-state index contributed by atoms with van der Waals surface area (Å²) < 4.78 is 0.870. The minimum atomic E-state index is -1.46. The SMILES string of the molecule is CN(C(=O)Cn1cc([N+](=O)[O-])ccc1=O)C(C)(C)C(=O)O. The van der Waals surface area contributed by atoms with Crippen LogP contribution in [0.1, 0.15) is 13.8 Å². The summed E-state index contributed by atoms with van der Waals surface area (Å²) in [4.78, 5) is 45.6. The van der Waals surface area contributed by atoms with Crippen LogP contribution in [0, 0.1) is 10.1 Å². The molecule has 9 nitrogen and oxygen atoms in total. The van der Waals surface area contributed by atoms with Gasteiger partial charge < -0.3 is 10.0 Å². The first-order valence-electron chi connectivity index (χ1n) is 5.92. The molecule has 1 N–H and O–H groups in total. The average molecular weight is 297 g/mol. The molecule has 0 unspecified atom stereocenters. The van der Waals surface area contributed by atoms with Crippen molar-refractivity contribution in [2.45, 2.75) is 25.9 Å². The molecule has 1 aromatic rings. The maximum absolute atomic E-state index is 12.0. The number of nitrogens with zero attached hydrogens (tertiary/aromatic N) is 3. The molecule has 9 heteroatoms. The Balaban J connectivity index is 3.04. The minimum absolute atomic E-state index is 0.331. The number of aliphatic carboxylic acids is 1. The van der Waals surface area contributed by atoms with Gasteiger partial charge in [-0.15, -0.1) is 0 Å². The van der Waals surface area contributed by atoms with Gasteiger partial charge >= 0.3 is 5.97 Å². The Bertz CT molecular complexity index is 649. The van der Waals surface area contributed by atoms with E-state index in [1.165, 1.54) is 20.9 Å². The Morgan fingerprint density at radius 3 is 2.48 bits per heavy atom. The van der Waals surface area contributed by atoms with E-state index < -0.39 is 34.4 Å². The molecule has 1 amide bonds. The van der Waals surface area contributed by atoms with Gasteiger partial charge in [-0.3, -0.25) is 24.3 Å². The number of likely N-dealkylation sites (N-methyl/N-ethyl adjacent to an activating group) is 1. The van der Waals surface area contributed by atoms with Gasteiger partial charge in [0.15, 0.2) is 0 Å². The number of hydrogen-bond donors (Lipinski definition) is 1. The predicted octanol–water partition coefficient (Wildman–Crippen LogP) is 0.0781. The largest absolute Gasteiger partial charge is 0.480 e. The standard InChI is InChI=1S/C12H15N3O6/c1-12(2,11(18)19)13(3)10(17)7-14-6-8(15(20)21)4-5-9(14)16/h4-6H,7H2,1-3H3,(H,18,19). The lowest BCUT2D eigenvalue weighted by Crippen LogP contribution is -2.52. The highest BCUT2D eigenvalue weighted by Gasteiger charge is 2.35. The van der Waals surface area contributed by atoms with Gasteiger partial charge in [-0.05, 0) is 13.8 Å². The third-order valence-corrected chi connectivity index (χ3v) is 3.22. The maximum Gasteiger partial charge on any atom is 0.329 e. The van der Waals surface area contributed by atoms with E-state index in [1.807, 2.05) is 0 Å². The van der Waals surface area contributed by atoms with E-state index in [2.05, 4.69) is 0 Å². The highest BCUT2D eigenvalue weighted by atomic mass is 16.6. The van der Waals surface area contributed by atoms with Crippen LogP contribution in [-0.2, 0) is 16.1 Å². The number of carbonyl (C=O) groups is 2. The van der Waals surface area contributed by atoms with E-state index in [4.69, 9.17) is 5.11 Å². The number of aromatic nitrogens is 1. The Morgan fingerprint density at radius 2 is 2.00 bits per heavy atom. The lowest BCUT2D eigenvalue weighted by molar-refractivity contribution is -0.385. The normalized spacial score (nSPS) is 11.0. The Labute approximate surface area is 119 Å². The summed E-state index contributed by atoms with van der Waals surface area (Å²) in [6.45, 7) is 2.20. The van der Waals surface area contributed by atoms with Crippen LogP contribution in [0.4, 0.5) is 5.69 Å². The lowest BCUT2D eigenvalue weighted by atomic mass is 10.0. The molecule has 1 aromatic heterocycles. The van der Waals surface area contributed by atoms with Crippen LogP contribution in [0.5, 0.6) is 0 Å². The van der Waals surface area contributed by atoms with Gasteiger partial charge in [0.25, 0.3) is 11.2 Å². The van der Waals surface area contributed by atoms with E-state index in [-0.39, 0.29) is 5.69 Å². The molecular formula is C12H15N3O6. The van der Waals surface area contributed by atoms with Crippen molar-refractivity contribution in [3.63, 3.8) is 0 Å². The zero-order valence-electron chi connectivity index (χ0n) is 11.8. The summed E-state index contributed by atoms with van der Waals surface area (Å²) in [6, 6.07) is 2.02. The van der Waals surface area contributed by atoms with Gasteiger partial charge in [-0.2, -0.15) is 0 Å². The summed E-state index contributed by atoms with van der Waals surface area (Å²) in [6.07, 6.45) is 0.946. The number of nitro groups is 1. The molecule has 114 valence electrons.